The average Bonchev–Trinajstić information content (AvgIpc) is 3.26. The molecule has 2 unspecified atom stereocenters. The molecule has 4 atom stereocenters. The van der Waals surface area contributed by atoms with E-state index in [1.165, 1.54) is 25.3 Å². The Morgan fingerprint density at radius 3 is 1.60 bits per heavy atom. The number of esters is 2. The molecule has 0 radical (unpaired) electrons. The van der Waals surface area contributed by atoms with E-state index < -0.39 is 63.8 Å². The highest BCUT2D eigenvalue weighted by Gasteiger charge is 2.28. The number of ether oxygens (including phenoxy) is 2. The van der Waals surface area contributed by atoms with Gasteiger partial charge in [-0.15, -0.1) is 0 Å². The summed E-state index contributed by atoms with van der Waals surface area (Å²) in [5.74, 6) is -2.75. The molecular weight excluding hydrogens is 822 g/mol. The second-order valence-corrected chi connectivity index (χ2v) is 16.1. The van der Waals surface area contributed by atoms with Crippen LogP contribution in [0, 0.1) is 0 Å². The molecule has 13 heteroatoms. The van der Waals surface area contributed by atoms with Gasteiger partial charge >= 0.3 is 25.7 Å². The summed E-state index contributed by atoms with van der Waals surface area (Å²) in [6, 6.07) is -1.57. The van der Waals surface area contributed by atoms with E-state index >= 15 is 0 Å². The number of carbonyl (C=O) groups excluding carboxylic acids is 2. The number of hydrogen-bond donors (Lipinski definition) is 4. The molecule has 0 aromatic carbocycles. The number of carbonyl (C=O) groups is 3. The van der Waals surface area contributed by atoms with Crippen molar-refractivity contribution >= 4 is 25.7 Å². The second-order valence-electron chi connectivity index (χ2n) is 14.6. The van der Waals surface area contributed by atoms with Crippen molar-refractivity contribution in [1.29, 1.82) is 0 Å². The number of aliphatic carboxylic acids is 1. The first kappa shape index (κ1) is 58.8. The van der Waals surface area contributed by atoms with E-state index in [0.717, 1.165) is 77.0 Å². The SMILES string of the molecule is CC/C=C\C/C=C\C/C=C\C/C=C\C/C=C\C=C/C(O)CCC(=O)O[C@H](COC(=O)CCCCC/C=C\C/C=C\C/C=C\C/C=C\CCCCC)COP(=O)(O)OC[C@H](N)C(=O)O. The van der Waals surface area contributed by atoms with E-state index in [2.05, 4.69) is 110 Å². The third-order valence-electron chi connectivity index (χ3n) is 8.81. The Labute approximate surface area is 378 Å². The van der Waals surface area contributed by atoms with Crippen molar-refractivity contribution in [3.8, 4) is 0 Å². The lowest BCUT2D eigenvalue weighted by Crippen LogP contribution is -2.34. The third-order valence-corrected chi connectivity index (χ3v) is 9.76. The monoisotopic (exact) mass is 900 g/mol. The number of phosphoric ester groups is 1. The maximum atomic E-state index is 12.7. The predicted molar refractivity (Wildman–Crippen MR) is 255 cm³/mol. The zero-order valence-corrected chi connectivity index (χ0v) is 38.9. The lowest BCUT2D eigenvalue weighted by atomic mass is 10.1. The van der Waals surface area contributed by atoms with Gasteiger partial charge in [-0.2, -0.15) is 0 Å². The minimum Gasteiger partial charge on any atom is -0.480 e. The Hall–Kier alpha value is -4.16. The quantitative estimate of drug-likeness (QED) is 0.0150. The Bertz CT molecular complexity index is 1540. The van der Waals surface area contributed by atoms with Gasteiger partial charge in [-0.3, -0.25) is 23.4 Å². The normalized spacial score (nSPS) is 15.3. The zero-order chi connectivity index (χ0) is 46.5. The zero-order valence-electron chi connectivity index (χ0n) is 38.0. The molecule has 0 spiro atoms. The van der Waals surface area contributed by atoms with Gasteiger partial charge in [0.2, 0.25) is 0 Å². The molecule has 0 aliphatic heterocycles. The number of unbranched alkanes of at least 4 members (excludes halogenated alkanes) is 6. The van der Waals surface area contributed by atoms with Gasteiger partial charge in [0.05, 0.1) is 19.3 Å². The average molecular weight is 900 g/mol. The van der Waals surface area contributed by atoms with Crippen LogP contribution >= 0.6 is 7.82 Å². The number of carboxylic acid groups (broad SMARTS) is 1. The molecule has 0 bridgehead atoms. The predicted octanol–water partition coefficient (Wildman–Crippen LogP) is 11.4. The molecular formula is C50H78NO11P. The standard InChI is InChI=1S/C50H78NO11P/c1-3-5-7-9-11-13-15-17-19-21-22-23-25-27-29-31-33-35-37-39-48(53)59-42-46(43-60-63(57,58)61-44-47(51)50(55)56)62-49(54)41-40-45(52)38-36-34-32-30-28-26-24-20-18-16-14-12-10-8-6-4-2/h6,8,11-14,17-20,22-23,26-29,32,34,36,38,45-47,52H,3-5,7,9-10,15-16,21,24-25,30-31,33,35,37,39-44,51H2,1-2H3,(H,55,56)(H,57,58)/b8-6-,13-11-,14-12-,19-17-,20-18-,23-22-,28-26-,29-27-,34-32-,38-36-/t45?,46-,47+/m1/s1. The molecule has 0 aliphatic rings. The van der Waals surface area contributed by atoms with Gasteiger partial charge in [0.15, 0.2) is 6.10 Å². The molecule has 0 heterocycles. The van der Waals surface area contributed by atoms with Crippen molar-refractivity contribution in [3.63, 3.8) is 0 Å². The molecule has 354 valence electrons. The second kappa shape index (κ2) is 43.1. The first-order chi connectivity index (χ1) is 30.5. The van der Waals surface area contributed by atoms with Crippen LogP contribution in [0.5, 0.6) is 0 Å². The summed E-state index contributed by atoms with van der Waals surface area (Å²) in [6.07, 6.45) is 54.5. The van der Waals surface area contributed by atoms with Gasteiger partial charge in [0.1, 0.15) is 12.6 Å². The van der Waals surface area contributed by atoms with Gasteiger partial charge < -0.3 is 30.3 Å². The highest BCUT2D eigenvalue weighted by Crippen LogP contribution is 2.43. The number of rotatable bonds is 40. The Balaban J connectivity index is 4.66. The number of carboxylic acids is 1. The highest BCUT2D eigenvalue weighted by molar-refractivity contribution is 7.47. The van der Waals surface area contributed by atoms with E-state index in [0.29, 0.717) is 6.42 Å². The summed E-state index contributed by atoms with van der Waals surface area (Å²) in [7, 11) is -4.80. The van der Waals surface area contributed by atoms with Crippen LogP contribution in [0.15, 0.2) is 122 Å². The lowest BCUT2D eigenvalue weighted by molar-refractivity contribution is -0.161. The maximum absolute atomic E-state index is 12.7. The first-order valence-corrected chi connectivity index (χ1v) is 24.2. The van der Waals surface area contributed by atoms with Crippen LogP contribution in [0.2, 0.25) is 0 Å². The Morgan fingerprint density at radius 1 is 0.587 bits per heavy atom. The van der Waals surface area contributed by atoms with Gasteiger partial charge in [-0.05, 0) is 89.9 Å². The number of nitrogens with two attached hydrogens (primary N) is 1. The van der Waals surface area contributed by atoms with E-state index in [-0.39, 0.29) is 19.3 Å². The van der Waals surface area contributed by atoms with E-state index in [9.17, 15) is 28.9 Å². The summed E-state index contributed by atoms with van der Waals surface area (Å²) in [5.41, 5.74) is 5.32. The maximum Gasteiger partial charge on any atom is 0.472 e. The molecule has 0 rings (SSSR count). The fourth-order valence-electron chi connectivity index (χ4n) is 5.21. The van der Waals surface area contributed by atoms with Crippen LogP contribution < -0.4 is 5.73 Å². The van der Waals surface area contributed by atoms with E-state index in [4.69, 9.17) is 24.8 Å². The van der Waals surface area contributed by atoms with Gasteiger partial charge in [-0.25, -0.2) is 4.57 Å². The highest BCUT2D eigenvalue weighted by atomic mass is 31.2. The van der Waals surface area contributed by atoms with Crippen molar-refractivity contribution in [3.05, 3.63) is 122 Å². The topological polar surface area (TPSA) is 192 Å². The van der Waals surface area contributed by atoms with Gasteiger partial charge in [0, 0.05) is 12.8 Å². The number of aliphatic hydroxyl groups is 1. The van der Waals surface area contributed by atoms with Crippen LogP contribution in [0.3, 0.4) is 0 Å². The van der Waals surface area contributed by atoms with Crippen LogP contribution in [0.25, 0.3) is 0 Å². The lowest BCUT2D eigenvalue weighted by Gasteiger charge is -2.20. The van der Waals surface area contributed by atoms with Crippen molar-refractivity contribution in [2.75, 3.05) is 19.8 Å². The fraction of sp³-hybridized carbons (Fsp3) is 0.540. The van der Waals surface area contributed by atoms with Crippen LogP contribution in [0.1, 0.15) is 136 Å². The van der Waals surface area contributed by atoms with E-state index in [1.807, 2.05) is 12.2 Å². The number of hydrogen-bond acceptors (Lipinski definition) is 10. The molecule has 5 N–H and O–H groups in total. The van der Waals surface area contributed by atoms with E-state index in [1.54, 1.807) is 12.2 Å². The summed E-state index contributed by atoms with van der Waals surface area (Å²) < 4.78 is 32.5. The molecule has 0 aromatic rings. The summed E-state index contributed by atoms with van der Waals surface area (Å²) in [6.45, 7) is 2.36. The van der Waals surface area contributed by atoms with Crippen LogP contribution in [0.4, 0.5) is 0 Å². The van der Waals surface area contributed by atoms with Crippen LogP contribution in [-0.2, 0) is 37.5 Å². The summed E-state index contributed by atoms with van der Waals surface area (Å²) >= 11 is 0. The minimum absolute atomic E-state index is 0.0309. The number of allylic oxidation sites excluding steroid dienone is 19. The molecule has 12 nitrogen and oxygen atoms in total. The van der Waals surface area contributed by atoms with Gasteiger partial charge in [0.25, 0.3) is 0 Å². The summed E-state index contributed by atoms with van der Waals surface area (Å²) in [5, 5.41) is 19.2. The molecule has 0 aliphatic carbocycles. The van der Waals surface area contributed by atoms with Crippen molar-refractivity contribution in [2.45, 2.75) is 154 Å². The van der Waals surface area contributed by atoms with Crippen molar-refractivity contribution in [1.82, 2.24) is 0 Å². The molecule has 0 amide bonds. The molecule has 0 saturated heterocycles. The number of phosphoric acid groups is 1. The smallest absolute Gasteiger partial charge is 0.472 e. The molecule has 63 heavy (non-hydrogen) atoms. The van der Waals surface area contributed by atoms with Crippen LogP contribution in [-0.4, -0.2) is 71.1 Å². The third kappa shape index (κ3) is 42.9. The first-order valence-electron chi connectivity index (χ1n) is 22.7. The molecule has 0 aromatic heterocycles. The number of aliphatic hydroxyl groups excluding tert-OH is 1. The largest absolute Gasteiger partial charge is 0.480 e. The minimum atomic E-state index is -4.80. The fourth-order valence-corrected chi connectivity index (χ4v) is 5.99. The Kier molecular flexibility index (Phi) is 40.3. The summed E-state index contributed by atoms with van der Waals surface area (Å²) in [4.78, 5) is 46.1. The molecule has 0 fully saturated rings. The Morgan fingerprint density at radius 2 is 1.08 bits per heavy atom. The van der Waals surface area contributed by atoms with Crippen molar-refractivity contribution < 1.29 is 52.6 Å². The van der Waals surface area contributed by atoms with Crippen molar-refractivity contribution in [2.24, 2.45) is 5.73 Å². The van der Waals surface area contributed by atoms with Gasteiger partial charge in [-0.1, -0.05) is 155 Å². The molecule has 0 saturated carbocycles.